The summed E-state index contributed by atoms with van der Waals surface area (Å²) >= 11 is 0. The second kappa shape index (κ2) is 8.03. The molecular formula is C11H18O4. The van der Waals surface area contributed by atoms with Gasteiger partial charge in [0.15, 0.2) is 0 Å². The van der Waals surface area contributed by atoms with Gasteiger partial charge >= 0.3 is 11.9 Å². The molecule has 0 aliphatic carbocycles. The summed E-state index contributed by atoms with van der Waals surface area (Å²) in [5.41, 5.74) is 0. The van der Waals surface area contributed by atoms with E-state index in [0.717, 1.165) is 6.26 Å². The third-order valence-electron chi connectivity index (χ3n) is 2.03. The van der Waals surface area contributed by atoms with Gasteiger partial charge in [-0.1, -0.05) is 13.5 Å². The van der Waals surface area contributed by atoms with E-state index in [-0.39, 0.29) is 17.9 Å². The van der Waals surface area contributed by atoms with Gasteiger partial charge in [-0.2, -0.15) is 0 Å². The fourth-order valence-electron chi connectivity index (χ4n) is 1.21. The van der Waals surface area contributed by atoms with Crippen LogP contribution in [0.4, 0.5) is 0 Å². The lowest BCUT2D eigenvalue weighted by molar-refractivity contribution is -0.143. The first-order valence-electron chi connectivity index (χ1n) is 5.06. The summed E-state index contributed by atoms with van der Waals surface area (Å²) in [5.74, 6) is -0.703. The zero-order chi connectivity index (χ0) is 11.7. The number of esters is 2. The van der Waals surface area contributed by atoms with E-state index in [4.69, 9.17) is 9.47 Å². The van der Waals surface area contributed by atoms with Gasteiger partial charge < -0.3 is 9.47 Å². The molecular weight excluding hydrogens is 196 g/mol. The van der Waals surface area contributed by atoms with Gasteiger partial charge in [0, 0.05) is 6.92 Å². The van der Waals surface area contributed by atoms with Gasteiger partial charge in [0.05, 0.1) is 18.8 Å². The van der Waals surface area contributed by atoms with Crippen molar-refractivity contribution >= 4 is 11.9 Å². The minimum absolute atomic E-state index is 0.140. The van der Waals surface area contributed by atoms with Gasteiger partial charge in [0.2, 0.25) is 0 Å². The van der Waals surface area contributed by atoms with Crippen LogP contribution in [-0.4, -0.2) is 18.5 Å². The molecule has 1 atom stereocenters. The Hall–Kier alpha value is -1.32. The van der Waals surface area contributed by atoms with Crippen molar-refractivity contribution in [3.63, 3.8) is 0 Å². The van der Waals surface area contributed by atoms with Gasteiger partial charge in [0.25, 0.3) is 0 Å². The first-order chi connectivity index (χ1) is 7.11. The van der Waals surface area contributed by atoms with Crippen molar-refractivity contribution in [3.05, 3.63) is 12.8 Å². The monoisotopic (exact) mass is 214 g/mol. The van der Waals surface area contributed by atoms with Crippen molar-refractivity contribution in [2.24, 2.45) is 5.92 Å². The highest BCUT2D eigenvalue weighted by Crippen LogP contribution is 2.13. The van der Waals surface area contributed by atoms with Crippen LogP contribution in [0.1, 0.15) is 33.1 Å². The molecule has 4 nitrogen and oxygen atoms in total. The van der Waals surface area contributed by atoms with E-state index in [9.17, 15) is 9.59 Å². The Labute approximate surface area is 90.2 Å². The van der Waals surface area contributed by atoms with Crippen molar-refractivity contribution in [2.45, 2.75) is 33.1 Å². The van der Waals surface area contributed by atoms with Gasteiger partial charge in [-0.25, -0.2) is 0 Å². The van der Waals surface area contributed by atoms with Crippen molar-refractivity contribution < 1.29 is 19.1 Å². The minimum Gasteiger partial charge on any atom is -0.466 e. The highest BCUT2D eigenvalue weighted by Gasteiger charge is 2.16. The molecule has 0 amide bonds. The van der Waals surface area contributed by atoms with Gasteiger partial charge in [-0.05, 0) is 19.3 Å². The zero-order valence-electron chi connectivity index (χ0n) is 9.32. The average molecular weight is 214 g/mol. The zero-order valence-corrected chi connectivity index (χ0v) is 9.32. The molecule has 0 aliphatic heterocycles. The standard InChI is InChI=1S/C11H18O4/c1-4-10(11(13)14-5-2)7-6-8-15-9(3)12/h5,10H,2,4,6-8H2,1,3H3. The predicted molar refractivity (Wildman–Crippen MR) is 55.9 cm³/mol. The summed E-state index contributed by atoms with van der Waals surface area (Å²) in [6.45, 7) is 6.96. The summed E-state index contributed by atoms with van der Waals surface area (Å²) in [4.78, 5) is 21.8. The van der Waals surface area contributed by atoms with Crippen molar-refractivity contribution in [1.29, 1.82) is 0 Å². The SMILES string of the molecule is C=COC(=O)C(CC)CCCOC(C)=O. The molecule has 1 unspecified atom stereocenters. The number of hydrogen-bond donors (Lipinski definition) is 0. The molecule has 0 aromatic carbocycles. The molecule has 0 aliphatic rings. The normalized spacial score (nSPS) is 11.6. The Morgan fingerprint density at radius 3 is 2.60 bits per heavy atom. The van der Waals surface area contributed by atoms with Crippen molar-refractivity contribution in [1.82, 2.24) is 0 Å². The van der Waals surface area contributed by atoms with Crippen molar-refractivity contribution in [2.75, 3.05) is 6.61 Å². The molecule has 0 saturated carbocycles. The molecule has 0 saturated heterocycles. The van der Waals surface area contributed by atoms with E-state index in [1.807, 2.05) is 6.92 Å². The topological polar surface area (TPSA) is 52.6 Å². The van der Waals surface area contributed by atoms with Crippen LogP contribution in [0.15, 0.2) is 12.8 Å². The summed E-state index contributed by atoms with van der Waals surface area (Å²) < 4.78 is 9.46. The van der Waals surface area contributed by atoms with Crippen LogP contribution in [0.3, 0.4) is 0 Å². The number of carbonyl (C=O) groups excluding carboxylic acids is 2. The van der Waals surface area contributed by atoms with Crippen LogP contribution in [0.5, 0.6) is 0 Å². The molecule has 86 valence electrons. The lowest BCUT2D eigenvalue weighted by Gasteiger charge is -2.11. The molecule has 15 heavy (non-hydrogen) atoms. The second-order valence-electron chi connectivity index (χ2n) is 3.19. The molecule has 0 spiro atoms. The third kappa shape index (κ3) is 6.71. The summed E-state index contributed by atoms with van der Waals surface area (Å²) in [7, 11) is 0. The molecule has 0 aromatic rings. The molecule has 0 N–H and O–H groups in total. The van der Waals surface area contributed by atoms with Gasteiger partial charge in [-0.3, -0.25) is 9.59 Å². The third-order valence-corrected chi connectivity index (χ3v) is 2.03. The molecule has 0 radical (unpaired) electrons. The van der Waals surface area contributed by atoms with Crippen LogP contribution in [0.2, 0.25) is 0 Å². The Kier molecular flexibility index (Phi) is 7.32. The predicted octanol–water partition coefficient (Wildman–Crippen LogP) is 2.04. The Bertz CT molecular complexity index is 223. The number of ether oxygens (including phenoxy) is 2. The number of rotatable bonds is 7. The molecule has 0 fully saturated rings. The minimum atomic E-state index is -0.295. The van der Waals surface area contributed by atoms with Crippen LogP contribution in [0, 0.1) is 5.92 Å². The number of hydrogen-bond acceptors (Lipinski definition) is 4. The van der Waals surface area contributed by atoms with Crippen LogP contribution in [0.25, 0.3) is 0 Å². The fraction of sp³-hybridized carbons (Fsp3) is 0.636. The Morgan fingerprint density at radius 1 is 1.47 bits per heavy atom. The highest BCUT2D eigenvalue weighted by atomic mass is 16.5. The first kappa shape index (κ1) is 13.7. The molecule has 0 heterocycles. The van der Waals surface area contributed by atoms with E-state index in [0.29, 0.717) is 25.9 Å². The first-order valence-corrected chi connectivity index (χ1v) is 5.06. The summed E-state index contributed by atoms with van der Waals surface area (Å²) in [6.07, 6.45) is 3.19. The largest absolute Gasteiger partial charge is 0.466 e. The van der Waals surface area contributed by atoms with E-state index < -0.39 is 0 Å². The Balaban J connectivity index is 3.74. The maximum absolute atomic E-state index is 11.3. The summed E-state index contributed by atoms with van der Waals surface area (Å²) in [6, 6.07) is 0. The molecule has 0 rings (SSSR count). The van der Waals surface area contributed by atoms with Crippen molar-refractivity contribution in [3.8, 4) is 0 Å². The quantitative estimate of drug-likeness (QED) is 0.369. The molecule has 0 bridgehead atoms. The number of carbonyl (C=O) groups is 2. The fourth-order valence-corrected chi connectivity index (χ4v) is 1.21. The summed E-state index contributed by atoms with van der Waals surface area (Å²) in [5, 5.41) is 0. The van der Waals surface area contributed by atoms with E-state index in [1.165, 1.54) is 6.92 Å². The van der Waals surface area contributed by atoms with Crippen LogP contribution in [-0.2, 0) is 19.1 Å². The second-order valence-corrected chi connectivity index (χ2v) is 3.19. The maximum atomic E-state index is 11.3. The average Bonchev–Trinajstić information content (AvgIpc) is 2.17. The van der Waals surface area contributed by atoms with Gasteiger partial charge in [0.1, 0.15) is 0 Å². The Morgan fingerprint density at radius 2 is 2.13 bits per heavy atom. The lowest BCUT2D eigenvalue weighted by Crippen LogP contribution is -2.15. The molecule has 0 aromatic heterocycles. The molecule has 4 heteroatoms. The van der Waals surface area contributed by atoms with Gasteiger partial charge in [-0.15, -0.1) is 0 Å². The highest BCUT2D eigenvalue weighted by molar-refractivity contribution is 5.72. The van der Waals surface area contributed by atoms with Crippen LogP contribution < -0.4 is 0 Å². The van der Waals surface area contributed by atoms with E-state index in [1.54, 1.807) is 0 Å². The maximum Gasteiger partial charge on any atom is 0.313 e. The lowest BCUT2D eigenvalue weighted by atomic mass is 10.0. The smallest absolute Gasteiger partial charge is 0.313 e. The van der Waals surface area contributed by atoms with Crippen LogP contribution >= 0.6 is 0 Å². The van der Waals surface area contributed by atoms with E-state index >= 15 is 0 Å². The van der Waals surface area contributed by atoms with E-state index in [2.05, 4.69) is 6.58 Å².